The highest BCUT2D eigenvalue weighted by atomic mass is 79.9. The third kappa shape index (κ3) is 5.30. The molecule has 1 rings (SSSR count). The highest BCUT2D eigenvalue weighted by Crippen LogP contribution is 2.12. The average Bonchev–Trinajstić information content (AvgIpc) is 2.16. The van der Waals surface area contributed by atoms with Crippen molar-refractivity contribution in [3.05, 3.63) is 0 Å². The van der Waals surface area contributed by atoms with Crippen molar-refractivity contribution in [3.63, 3.8) is 0 Å². The van der Waals surface area contributed by atoms with Crippen LogP contribution in [-0.4, -0.2) is 37.2 Å². The van der Waals surface area contributed by atoms with Crippen molar-refractivity contribution in [2.75, 3.05) is 16.8 Å². The fourth-order valence-corrected chi connectivity index (χ4v) is 3.85. The van der Waals surface area contributed by atoms with Gasteiger partial charge in [0.05, 0.1) is 11.5 Å². The molecule has 16 heavy (non-hydrogen) atoms. The summed E-state index contributed by atoms with van der Waals surface area (Å²) in [5, 5.41) is 3.70. The summed E-state index contributed by atoms with van der Waals surface area (Å²) in [4.78, 5) is 11.5. The maximum Gasteiger partial charge on any atom is 0.220 e. The lowest BCUT2D eigenvalue weighted by atomic mass is 10.1. The molecule has 1 aliphatic heterocycles. The van der Waals surface area contributed by atoms with Crippen LogP contribution in [0.25, 0.3) is 0 Å². The van der Waals surface area contributed by atoms with Gasteiger partial charge in [-0.1, -0.05) is 15.9 Å². The van der Waals surface area contributed by atoms with E-state index in [1.54, 1.807) is 0 Å². The monoisotopic (exact) mass is 311 g/mol. The predicted octanol–water partition coefficient (Wildman–Crippen LogP) is 1.25. The Bertz CT molecular complexity index is 329. The van der Waals surface area contributed by atoms with Crippen LogP contribution in [0.2, 0.25) is 0 Å². The largest absolute Gasteiger partial charge is 0.352 e. The van der Waals surface area contributed by atoms with E-state index in [0.717, 1.165) is 24.6 Å². The molecule has 0 saturated carbocycles. The Hall–Kier alpha value is -0.100. The van der Waals surface area contributed by atoms with Gasteiger partial charge in [-0.15, -0.1) is 0 Å². The summed E-state index contributed by atoms with van der Waals surface area (Å²) in [6, 6.07) is -0.171. The Balaban J connectivity index is 2.28. The van der Waals surface area contributed by atoms with Crippen LogP contribution in [0.3, 0.4) is 0 Å². The molecule has 1 aliphatic rings. The zero-order chi connectivity index (χ0) is 12.0. The minimum Gasteiger partial charge on any atom is -0.352 e. The van der Waals surface area contributed by atoms with E-state index in [2.05, 4.69) is 21.2 Å². The molecule has 0 aromatic carbocycles. The Morgan fingerprint density at radius 2 is 2.12 bits per heavy atom. The number of hydrogen-bond donors (Lipinski definition) is 1. The van der Waals surface area contributed by atoms with Crippen LogP contribution >= 0.6 is 15.9 Å². The first-order chi connectivity index (χ1) is 7.53. The third-order valence-corrected chi connectivity index (χ3v) is 5.00. The van der Waals surface area contributed by atoms with Gasteiger partial charge < -0.3 is 5.32 Å². The van der Waals surface area contributed by atoms with Crippen molar-refractivity contribution in [2.24, 2.45) is 0 Å². The summed E-state index contributed by atoms with van der Waals surface area (Å²) in [7, 11) is -2.92. The number of alkyl halides is 1. The van der Waals surface area contributed by atoms with Crippen LogP contribution in [0.1, 0.15) is 32.1 Å². The van der Waals surface area contributed by atoms with Gasteiger partial charge in [0.1, 0.15) is 0 Å². The smallest absolute Gasteiger partial charge is 0.220 e. The number of carbonyl (C=O) groups is 1. The quantitative estimate of drug-likeness (QED) is 0.614. The summed E-state index contributed by atoms with van der Waals surface area (Å²) in [5.41, 5.74) is 0. The zero-order valence-electron chi connectivity index (χ0n) is 9.25. The summed E-state index contributed by atoms with van der Waals surface area (Å²) >= 11 is 3.30. The van der Waals surface area contributed by atoms with Gasteiger partial charge in [0.15, 0.2) is 9.84 Å². The second kappa shape index (κ2) is 6.59. The molecule has 1 fully saturated rings. The number of rotatable bonds is 5. The van der Waals surface area contributed by atoms with Gasteiger partial charge in [0, 0.05) is 17.8 Å². The molecule has 1 heterocycles. The number of halogens is 1. The molecule has 0 aromatic rings. The van der Waals surface area contributed by atoms with E-state index in [1.807, 2.05) is 0 Å². The van der Waals surface area contributed by atoms with Crippen molar-refractivity contribution in [3.8, 4) is 0 Å². The molecule has 0 bridgehead atoms. The van der Waals surface area contributed by atoms with Gasteiger partial charge in [0.2, 0.25) is 5.91 Å². The van der Waals surface area contributed by atoms with Gasteiger partial charge in [0.25, 0.3) is 0 Å². The zero-order valence-corrected chi connectivity index (χ0v) is 11.6. The molecule has 1 saturated heterocycles. The van der Waals surface area contributed by atoms with E-state index in [9.17, 15) is 13.2 Å². The standard InChI is InChI=1S/C10H18BrNO3S/c11-6-2-1-5-10(13)12-9-4-3-7-16(14,15)8-9/h9H,1-8H2,(H,12,13). The molecule has 1 atom stereocenters. The topological polar surface area (TPSA) is 63.2 Å². The summed E-state index contributed by atoms with van der Waals surface area (Å²) in [6.07, 6.45) is 3.74. The first-order valence-corrected chi connectivity index (χ1v) is 8.53. The van der Waals surface area contributed by atoms with Crippen LogP contribution in [0.4, 0.5) is 0 Å². The highest BCUT2D eigenvalue weighted by molar-refractivity contribution is 9.09. The van der Waals surface area contributed by atoms with Crippen molar-refractivity contribution in [1.82, 2.24) is 5.32 Å². The molecule has 94 valence electrons. The number of carbonyl (C=O) groups excluding carboxylic acids is 1. The van der Waals surface area contributed by atoms with Gasteiger partial charge in [-0.3, -0.25) is 4.79 Å². The number of sulfone groups is 1. The molecule has 0 radical (unpaired) electrons. The summed E-state index contributed by atoms with van der Waals surface area (Å²) < 4.78 is 22.7. The van der Waals surface area contributed by atoms with Gasteiger partial charge in [-0.25, -0.2) is 8.42 Å². The molecule has 1 amide bonds. The van der Waals surface area contributed by atoms with Gasteiger partial charge in [-0.2, -0.15) is 0 Å². The first-order valence-electron chi connectivity index (χ1n) is 5.59. The molecule has 0 aliphatic carbocycles. The van der Waals surface area contributed by atoms with Gasteiger partial charge in [-0.05, 0) is 25.7 Å². The fourth-order valence-electron chi connectivity index (χ4n) is 1.82. The Kier molecular flexibility index (Phi) is 5.75. The van der Waals surface area contributed by atoms with E-state index in [1.165, 1.54) is 0 Å². The second-order valence-electron chi connectivity index (χ2n) is 4.17. The van der Waals surface area contributed by atoms with Crippen LogP contribution in [0.15, 0.2) is 0 Å². The Labute approximate surface area is 105 Å². The van der Waals surface area contributed by atoms with E-state index < -0.39 is 9.84 Å². The lowest BCUT2D eigenvalue weighted by Gasteiger charge is -2.22. The number of unbranched alkanes of at least 4 members (excludes halogenated alkanes) is 1. The lowest BCUT2D eigenvalue weighted by Crippen LogP contribution is -2.43. The minimum absolute atomic E-state index is 0.0250. The third-order valence-electron chi connectivity index (χ3n) is 2.62. The van der Waals surface area contributed by atoms with Crippen molar-refractivity contribution in [1.29, 1.82) is 0 Å². The highest BCUT2D eigenvalue weighted by Gasteiger charge is 2.25. The molecule has 0 spiro atoms. The molecule has 4 nitrogen and oxygen atoms in total. The predicted molar refractivity (Wildman–Crippen MR) is 67.5 cm³/mol. The van der Waals surface area contributed by atoms with Crippen molar-refractivity contribution >= 4 is 31.7 Å². The van der Waals surface area contributed by atoms with Gasteiger partial charge >= 0.3 is 0 Å². The molecule has 1 N–H and O–H groups in total. The first kappa shape index (κ1) is 14.0. The van der Waals surface area contributed by atoms with Crippen LogP contribution in [-0.2, 0) is 14.6 Å². The summed E-state index contributed by atoms with van der Waals surface area (Å²) in [6.45, 7) is 0. The molecule has 6 heteroatoms. The van der Waals surface area contributed by atoms with E-state index in [0.29, 0.717) is 12.8 Å². The maximum absolute atomic E-state index is 11.5. The molecular weight excluding hydrogens is 294 g/mol. The second-order valence-corrected chi connectivity index (χ2v) is 7.19. The minimum atomic E-state index is -2.92. The normalized spacial score (nSPS) is 23.9. The molecular formula is C10H18BrNO3S. The summed E-state index contributed by atoms with van der Waals surface area (Å²) in [5.74, 6) is 0.350. The van der Waals surface area contributed by atoms with E-state index in [4.69, 9.17) is 0 Å². The average molecular weight is 312 g/mol. The fraction of sp³-hybridized carbons (Fsp3) is 0.900. The maximum atomic E-state index is 11.5. The lowest BCUT2D eigenvalue weighted by molar-refractivity contribution is -0.121. The van der Waals surface area contributed by atoms with Crippen molar-refractivity contribution < 1.29 is 13.2 Å². The SMILES string of the molecule is O=C(CCCCBr)NC1CCCS(=O)(=O)C1. The van der Waals surface area contributed by atoms with Crippen LogP contribution < -0.4 is 5.32 Å². The molecule has 1 unspecified atom stereocenters. The van der Waals surface area contributed by atoms with E-state index in [-0.39, 0.29) is 23.5 Å². The van der Waals surface area contributed by atoms with Crippen LogP contribution in [0, 0.1) is 0 Å². The number of amides is 1. The van der Waals surface area contributed by atoms with Crippen molar-refractivity contribution in [2.45, 2.75) is 38.1 Å². The Morgan fingerprint density at radius 1 is 1.38 bits per heavy atom. The van der Waals surface area contributed by atoms with E-state index >= 15 is 0 Å². The Morgan fingerprint density at radius 3 is 2.75 bits per heavy atom. The molecule has 0 aromatic heterocycles. The number of nitrogens with one attached hydrogen (secondary N) is 1. The van der Waals surface area contributed by atoms with Crippen LogP contribution in [0.5, 0.6) is 0 Å². The number of hydrogen-bond acceptors (Lipinski definition) is 3.